The summed E-state index contributed by atoms with van der Waals surface area (Å²) in [4.78, 5) is 17.5. The summed E-state index contributed by atoms with van der Waals surface area (Å²) in [5.74, 6) is 0.751. The molecule has 0 atom stereocenters. The van der Waals surface area contributed by atoms with Crippen LogP contribution in [-0.2, 0) is 13.0 Å². The second-order valence-electron chi connectivity index (χ2n) is 9.74. The van der Waals surface area contributed by atoms with Gasteiger partial charge in [-0.25, -0.2) is 9.97 Å². The van der Waals surface area contributed by atoms with Gasteiger partial charge in [0.05, 0.1) is 23.4 Å². The van der Waals surface area contributed by atoms with Crippen LogP contribution in [0.25, 0.3) is 21.1 Å². The molecule has 0 amide bonds. The number of hydrogen-bond acceptors (Lipinski definition) is 6. The van der Waals surface area contributed by atoms with Crippen LogP contribution in [0, 0.1) is 16.7 Å². The Morgan fingerprint density at radius 3 is 2.66 bits per heavy atom. The number of likely N-dealkylation sites (tertiary alicyclic amines) is 1. The molecule has 3 aromatic heterocycles. The highest BCUT2D eigenvalue weighted by Gasteiger charge is 2.45. The van der Waals surface area contributed by atoms with Gasteiger partial charge in [0.25, 0.3) is 0 Å². The summed E-state index contributed by atoms with van der Waals surface area (Å²) in [5, 5.41) is 11.0. The first-order valence-corrected chi connectivity index (χ1v) is 12.4. The van der Waals surface area contributed by atoms with Gasteiger partial charge in [0.1, 0.15) is 17.0 Å². The number of fused-ring (bicyclic) bond motifs is 2. The average molecular weight is 497 g/mol. The topological polar surface area (TPSA) is 71.8 Å². The van der Waals surface area contributed by atoms with Crippen molar-refractivity contribution in [3.05, 3.63) is 52.8 Å². The van der Waals surface area contributed by atoms with Crippen molar-refractivity contribution in [2.75, 3.05) is 31.1 Å². The van der Waals surface area contributed by atoms with E-state index in [-0.39, 0.29) is 4.88 Å². The van der Waals surface area contributed by atoms with E-state index in [1.165, 1.54) is 11.9 Å². The summed E-state index contributed by atoms with van der Waals surface area (Å²) in [7, 11) is 0. The van der Waals surface area contributed by atoms with Crippen molar-refractivity contribution in [2.24, 2.45) is 5.41 Å². The van der Waals surface area contributed by atoms with Crippen LogP contribution in [0.2, 0.25) is 0 Å². The fourth-order valence-corrected chi connectivity index (χ4v) is 6.60. The van der Waals surface area contributed by atoms with E-state index in [4.69, 9.17) is 5.26 Å². The minimum Gasteiger partial charge on any atom is -0.361 e. The maximum absolute atomic E-state index is 12.9. The van der Waals surface area contributed by atoms with E-state index in [1.807, 2.05) is 24.4 Å². The first kappa shape index (κ1) is 22.3. The van der Waals surface area contributed by atoms with Gasteiger partial charge in [-0.2, -0.15) is 18.4 Å². The number of anilines is 1. The molecule has 6 nitrogen and oxygen atoms in total. The number of benzene rings is 1. The van der Waals surface area contributed by atoms with Crippen molar-refractivity contribution in [3.63, 3.8) is 0 Å². The molecule has 10 heteroatoms. The third-order valence-corrected chi connectivity index (χ3v) is 8.31. The summed E-state index contributed by atoms with van der Waals surface area (Å²) < 4.78 is 38.6. The maximum atomic E-state index is 12.9. The summed E-state index contributed by atoms with van der Waals surface area (Å²) in [6.45, 7) is 4.64. The van der Waals surface area contributed by atoms with E-state index in [0.717, 1.165) is 79.0 Å². The number of H-pyrrole nitrogens is 1. The van der Waals surface area contributed by atoms with Gasteiger partial charge in [-0.1, -0.05) is 6.07 Å². The van der Waals surface area contributed by atoms with Crippen LogP contribution in [0.3, 0.4) is 0 Å². The van der Waals surface area contributed by atoms with Crippen LogP contribution >= 0.6 is 11.3 Å². The van der Waals surface area contributed by atoms with Crippen LogP contribution in [0.1, 0.15) is 28.8 Å². The molecule has 180 valence electrons. The lowest BCUT2D eigenvalue weighted by Gasteiger charge is -2.54. The lowest BCUT2D eigenvalue weighted by atomic mass is 9.72. The first-order chi connectivity index (χ1) is 16.8. The zero-order valence-corrected chi connectivity index (χ0v) is 19.7. The van der Waals surface area contributed by atoms with Crippen molar-refractivity contribution >= 4 is 38.3 Å². The van der Waals surface area contributed by atoms with Gasteiger partial charge in [-0.05, 0) is 42.0 Å². The molecular weight excluding hydrogens is 473 g/mol. The number of aromatic amines is 1. The van der Waals surface area contributed by atoms with E-state index in [1.54, 1.807) is 6.07 Å². The predicted octanol–water partition coefficient (Wildman–Crippen LogP) is 5.25. The maximum Gasteiger partial charge on any atom is 0.393 e. The molecular formula is C25H23F3N6S. The van der Waals surface area contributed by atoms with Gasteiger partial charge in [-0.3, -0.25) is 4.90 Å². The predicted molar refractivity (Wildman–Crippen MR) is 129 cm³/mol. The molecule has 0 unspecified atom stereocenters. The van der Waals surface area contributed by atoms with Crippen LogP contribution in [-0.4, -0.2) is 52.2 Å². The van der Waals surface area contributed by atoms with Crippen molar-refractivity contribution in [2.45, 2.75) is 32.0 Å². The number of piperidine rings is 1. The molecule has 0 bridgehead atoms. The van der Waals surface area contributed by atoms with Crippen LogP contribution in [0.5, 0.6) is 0 Å². The van der Waals surface area contributed by atoms with Crippen LogP contribution < -0.4 is 4.90 Å². The van der Waals surface area contributed by atoms with Crippen LogP contribution in [0.4, 0.5) is 19.0 Å². The van der Waals surface area contributed by atoms with Gasteiger partial charge in [0.15, 0.2) is 0 Å². The van der Waals surface area contributed by atoms with Gasteiger partial charge in [-0.15, -0.1) is 11.3 Å². The molecule has 1 aromatic carbocycles. The van der Waals surface area contributed by atoms with Gasteiger partial charge in [0, 0.05) is 54.7 Å². The van der Waals surface area contributed by atoms with Crippen molar-refractivity contribution in [1.82, 2.24) is 19.9 Å². The Morgan fingerprint density at radius 2 is 1.91 bits per heavy atom. The zero-order valence-electron chi connectivity index (χ0n) is 18.9. The number of rotatable bonds is 4. The second kappa shape index (κ2) is 8.21. The summed E-state index contributed by atoms with van der Waals surface area (Å²) in [6, 6.07) is 9.55. The molecule has 2 saturated heterocycles. The number of hydrogen-bond donors (Lipinski definition) is 1. The molecule has 0 saturated carbocycles. The molecule has 1 spiro atoms. The average Bonchev–Trinajstić information content (AvgIpc) is 3.40. The number of aromatic nitrogens is 3. The summed E-state index contributed by atoms with van der Waals surface area (Å²) >= 11 is 1.10. The first-order valence-electron chi connectivity index (χ1n) is 11.6. The van der Waals surface area contributed by atoms with E-state index >= 15 is 0 Å². The quantitative estimate of drug-likeness (QED) is 0.418. The normalized spacial score (nSPS) is 18.3. The molecule has 0 radical (unpaired) electrons. The number of halogens is 3. The lowest BCUT2D eigenvalue weighted by molar-refractivity contribution is -0.126. The van der Waals surface area contributed by atoms with Crippen molar-refractivity contribution < 1.29 is 13.2 Å². The molecule has 0 aliphatic carbocycles. The standard InChI is InChI=1S/C25H23F3N6S/c26-25(27,28)9-18-8-20-22(31-15-32-23(20)35-18)34-5-3-24(4-6-34)13-33(14-24)12-17-11-30-21-7-16(10-29)1-2-19(17)21/h1-2,7-8,11,15,30H,3-6,9,12-14H2. The Bertz CT molecular complexity index is 1430. The van der Waals surface area contributed by atoms with E-state index in [9.17, 15) is 13.2 Å². The summed E-state index contributed by atoms with van der Waals surface area (Å²) in [6.07, 6.45) is 0.411. The Hall–Kier alpha value is -3.16. The molecule has 5 heterocycles. The van der Waals surface area contributed by atoms with Crippen LogP contribution in [0.15, 0.2) is 36.8 Å². The van der Waals surface area contributed by atoms with E-state index < -0.39 is 12.6 Å². The number of nitrogens with one attached hydrogen (secondary N) is 1. The Labute approximate surface area is 204 Å². The Balaban J connectivity index is 1.10. The van der Waals surface area contributed by atoms with Gasteiger partial charge >= 0.3 is 6.18 Å². The number of nitrogens with zero attached hydrogens (tertiary/aromatic N) is 5. The molecule has 2 aliphatic rings. The van der Waals surface area contributed by atoms with Crippen molar-refractivity contribution in [1.29, 1.82) is 5.26 Å². The molecule has 35 heavy (non-hydrogen) atoms. The largest absolute Gasteiger partial charge is 0.393 e. The zero-order chi connectivity index (χ0) is 24.2. The third-order valence-electron chi connectivity index (χ3n) is 7.27. The second-order valence-corrected chi connectivity index (χ2v) is 10.9. The highest BCUT2D eigenvalue weighted by molar-refractivity contribution is 7.18. The van der Waals surface area contributed by atoms with Gasteiger partial charge < -0.3 is 9.88 Å². The molecule has 2 fully saturated rings. The third kappa shape index (κ3) is 4.23. The summed E-state index contributed by atoms with van der Waals surface area (Å²) in [5.41, 5.74) is 3.18. The highest BCUT2D eigenvalue weighted by atomic mass is 32.1. The SMILES string of the molecule is N#Cc1ccc2c(CN3CC4(CCN(c5ncnc6sc(CC(F)(F)F)cc56)CC4)C3)c[nH]c2c1. The Morgan fingerprint density at radius 1 is 1.11 bits per heavy atom. The van der Waals surface area contributed by atoms with Gasteiger partial charge in [0.2, 0.25) is 0 Å². The number of alkyl halides is 3. The van der Waals surface area contributed by atoms with E-state index in [2.05, 4.69) is 30.8 Å². The molecule has 6 rings (SSSR count). The number of thiophene rings is 1. The minimum absolute atomic E-state index is 0.276. The minimum atomic E-state index is -4.23. The monoisotopic (exact) mass is 496 g/mol. The fraction of sp³-hybridized carbons (Fsp3) is 0.400. The van der Waals surface area contributed by atoms with E-state index in [0.29, 0.717) is 15.8 Å². The molecule has 4 aromatic rings. The molecule has 2 aliphatic heterocycles. The smallest absolute Gasteiger partial charge is 0.361 e. The highest BCUT2D eigenvalue weighted by Crippen LogP contribution is 2.43. The lowest BCUT2D eigenvalue weighted by Crippen LogP contribution is -2.59. The van der Waals surface area contributed by atoms with Crippen molar-refractivity contribution in [3.8, 4) is 6.07 Å². The fourth-order valence-electron chi connectivity index (χ4n) is 5.58. The Kier molecular flexibility index (Phi) is 5.23. The molecule has 1 N–H and O–H groups in total. The number of nitriles is 1.